The van der Waals surface area contributed by atoms with Gasteiger partial charge >= 0.3 is 0 Å². The number of hydrogen-bond acceptors (Lipinski definition) is 5. The van der Waals surface area contributed by atoms with Crippen LogP contribution >= 0.6 is 11.6 Å². The molecule has 2 aromatic heterocycles. The van der Waals surface area contributed by atoms with E-state index in [1.165, 1.54) is 18.2 Å². The van der Waals surface area contributed by atoms with Crippen LogP contribution in [0.1, 0.15) is 44.1 Å². The first-order chi connectivity index (χ1) is 21.1. The summed E-state index contributed by atoms with van der Waals surface area (Å²) < 4.78 is 7.27. The molecule has 7 nitrogen and oxygen atoms in total. The Morgan fingerprint density at radius 1 is 0.977 bits per heavy atom. The molecule has 1 fully saturated rings. The van der Waals surface area contributed by atoms with Crippen molar-refractivity contribution in [3.8, 4) is 28.5 Å². The SMILES string of the molecule is COc1ccc(-c2nc(-c3ccncc3)n(CCCCN(C(=O)Cc3cccc4ccccc34)C3CCCC3)n2)cc1Cl. The summed E-state index contributed by atoms with van der Waals surface area (Å²) in [5, 5.41) is 7.72. The third-order valence-electron chi connectivity index (χ3n) is 8.35. The maximum atomic E-state index is 13.8. The minimum Gasteiger partial charge on any atom is -0.495 e. The number of benzene rings is 3. The molecule has 43 heavy (non-hydrogen) atoms. The van der Waals surface area contributed by atoms with Crippen molar-refractivity contribution in [2.45, 2.75) is 57.5 Å². The predicted octanol–water partition coefficient (Wildman–Crippen LogP) is 7.62. The van der Waals surface area contributed by atoms with Gasteiger partial charge in [0.15, 0.2) is 11.6 Å². The molecule has 0 saturated heterocycles. The standard InChI is InChI=1S/C35H36ClN5O2/c1-43-32-16-15-28(23-31(32)36)34-38-35(26-17-19-37-20-18-26)41(39-34)22-7-6-21-40(29-12-3-4-13-29)33(42)24-27-11-8-10-25-9-2-5-14-30(25)27/h2,5,8-11,14-20,23,29H,3-4,6-7,12-13,21-22,24H2,1H3. The molecule has 1 aliphatic rings. The highest BCUT2D eigenvalue weighted by Crippen LogP contribution is 2.31. The lowest BCUT2D eigenvalue weighted by molar-refractivity contribution is -0.132. The molecule has 0 spiro atoms. The maximum absolute atomic E-state index is 13.8. The molecule has 1 saturated carbocycles. The highest BCUT2D eigenvalue weighted by Gasteiger charge is 2.26. The molecule has 3 aromatic carbocycles. The van der Waals surface area contributed by atoms with Gasteiger partial charge in [0.25, 0.3) is 0 Å². The summed E-state index contributed by atoms with van der Waals surface area (Å²) in [5.74, 6) is 2.22. The van der Waals surface area contributed by atoms with Crippen LogP contribution in [0.3, 0.4) is 0 Å². The van der Waals surface area contributed by atoms with Crippen LogP contribution in [-0.2, 0) is 17.8 Å². The van der Waals surface area contributed by atoms with Gasteiger partial charge in [0.2, 0.25) is 5.91 Å². The normalized spacial score (nSPS) is 13.4. The largest absolute Gasteiger partial charge is 0.495 e. The minimum atomic E-state index is 0.222. The molecule has 0 bridgehead atoms. The van der Waals surface area contributed by atoms with Gasteiger partial charge in [-0.2, -0.15) is 5.10 Å². The number of aryl methyl sites for hydroxylation is 1. The third-order valence-corrected chi connectivity index (χ3v) is 8.64. The number of carbonyl (C=O) groups is 1. The number of unbranched alkanes of at least 4 members (excludes halogenated alkanes) is 1. The summed E-state index contributed by atoms with van der Waals surface area (Å²) >= 11 is 6.41. The molecule has 0 radical (unpaired) electrons. The molecule has 220 valence electrons. The van der Waals surface area contributed by atoms with Crippen molar-refractivity contribution in [2.75, 3.05) is 13.7 Å². The number of fused-ring (bicyclic) bond motifs is 1. The van der Waals surface area contributed by atoms with Gasteiger partial charge in [-0.3, -0.25) is 9.78 Å². The van der Waals surface area contributed by atoms with E-state index in [0.717, 1.165) is 60.1 Å². The van der Waals surface area contributed by atoms with E-state index in [1.54, 1.807) is 19.5 Å². The molecule has 0 N–H and O–H groups in total. The fraction of sp³-hybridized carbons (Fsp3) is 0.314. The first-order valence-corrected chi connectivity index (χ1v) is 15.4. The topological polar surface area (TPSA) is 73.1 Å². The molecule has 2 heterocycles. The van der Waals surface area contributed by atoms with E-state index in [1.807, 2.05) is 47.1 Å². The summed E-state index contributed by atoms with van der Waals surface area (Å²) in [6, 6.07) is 24.4. The Morgan fingerprint density at radius 2 is 1.77 bits per heavy atom. The smallest absolute Gasteiger partial charge is 0.227 e. The van der Waals surface area contributed by atoms with E-state index in [0.29, 0.717) is 35.6 Å². The second-order valence-electron chi connectivity index (χ2n) is 11.1. The number of halogens is 1. The molecule has 8 heteroatoms. The Labute approximate surface area is 257 Å². The number of amides is 1. The van der Waals surface area contributed by atoms with Gasteiger partial charge in [-0.1, -0.05) is 66.9 Å². The van der Waals surface area contributed by atoms with Gasteiger partial charge in [-0.05, 0) is 72.4 Å². The summed E-state index contributed by atoms with van der Waals surface area (Å²) in [6.07, 6.45) is 10.3. The number of methoxy groups -OCH3 is 1. The van der Waals surface area contributed by atoms with Gasteiger partial charge in [-0.25, -0.2) is 9.67 Å². The number of carbonyl (C=O) groups excluding carboxylic acids is 1. The van der Waals surface area contributed by atoms with Crippen molar-refractivity contribution in [3.63, 3.8) is 0 Å². The molecule has 0 unspecified atom stereocenters. The fourth-order valence-corrected chi connectivity index (χ4v) is 6.38. The maximum Gasteiger partial charge on any atom is 0.227 e. The van der Waals surface area contributed by atoms with Crippen molar-refractivity contribution >= 4 is 28.3 Å². The first-order valence-electron chi connectivity index (χ1n) is 15.1. The Kier molecular flexibility index (Phi) is 8.99. The van der Waals surface area contributed by atoms with E-state index in [9.17, 15) is 4.79 Å². The lowest BCUT2D eigenvalue weighted by Gasteiger charge is -2.29. The van der Waals surface area contributed by atoms with Gasteiger partial charge < -0.3 is 9.64 Å². The van der Waals surface area contributed by atoms with E-state index >= 15 is 0 Å². The quantitative estimate of drug-likeness (QED) is 0.147. The number of rotatable bonds is 11. The Bertz CT molecular complexity index is 1690. The lowest BCUT2D eigenvalue weighted by Crippen LogP contribution is -2.40. The van der Waals surface area contributed by atoms with Gasteiger partial charge in [0.1, 0.15) is 5.75 Å². The van der Waals surface area contributed by atoms with Crippen LogP contribution in [0.2, 0.25) is 5.02 Å². The first kappa shape index (κ1) is 28.9. The van der Waals surface area contributed by atoms with Crippen molar-refractivity contribution in [1.82, 2.24) is 24.6 Å². The van der Waals surface area contributed by atoms with Crippen LogP contribution in [0.4, 0.5) is 0 Å². The van der Waals surface area contributed by atoms with Crippen molar-refractivity contribution < 1.29 is 9.53 Å². The zero-order chi connectivity index (χ0) is 29.6. The molecule has 1 aliphatic carbocycles. The highest BCUT2D eigenvalue weighted by atomic mass is 35.5. The van der Waals surface area contributed by atoms with Crippen LogP contribution in [0.5, 0.6) is 5.75 Å². The summed E-state index contributed by atoms with van der Waals surface area (Å²) in [5.41, 5.74) is 2.87. The average molecular weight is 594 g/mol. The van der Waals surface area contributed by atoms with Crippen LogP contribution in [0.15, 0.2) is 85.2 Å². The van der Waals surface area contributed by atoms with E-state index in [4.69, 9.17) is 26.4 Å². The molecule has 1 amide bonds. The van der Waals surface area contributed by atoms with Crippen molar-refractivity contribution in [3.05, 3.63) is 95.8 Å². The second kappa shape index (κ2) is 13.4. The van der Waals surface area contributed by atoms with Crippen LogP contribution in [-0.4, -0.2) is 50.3 Å². The molecular weight excluding hydrogens is 558 g/mol. The van der Waals surface area contributed by atoms with Crippen LogP contribution < -0.4 is 4.74 Å². The van der Waals surface area contributed by atoms with Gasteiger partial charge in [-0.15, -0.1) is 0 Å². The van der Waals surface area contributed by atoms with Gasteiger partial charge in [0, 0.05) is 42.7 Å². The highest BCUT2D eigenvalue weighted by molar-refractivity contribution is 6.32. The summed E-state index contributed by atoms with van der Waals surface area (Å²) in [6.45, 7) is 1.43. The summed E-state index contributed by atoms with van der Waals surface area (Å²) in [7, 11) is 1.60. The Morgan fingerprint density at radius 3 is 2.56 bits per heavy atom. The van der Waals surface area contributed by atoms with Crippen molar-refractivity contribution in [1.29, 1.82) is 0 Å². The van der Waals surface area contributed by atoms with E-state index in [-0.39, 0.29) is 5.91 Å². The molecule has 5 aromatic rings. The predicted molar refractivity (Wildman–Crippen MR) is 171 cm³/mol. The molecule has 0 atom stereocenters. The second-order valence-corrected chi connectivity index (χ2v) is 11.5. The Balaban J connectivity index is 1.17. The molecule has 0 aliphatic heterocycles. The monoisotopic (exact) mass is 593 g/mol. The number of hydrogen-bond donors (Lipinski definition) is 0. The van der Waals surface area contributed by atoms with E-state index in [2.05, 4.69) is 40.2 Å². The number of nitrogens with zero attached hydrogens (tertiary/aromatic N) is 5. The number of pyridine rings is 1. The Hall–Kier alpha value is -4.23. The fourth-order valence-electron chi connectivity index (χ4n) is 6.12. The molecular formula is C35H36ClN5O2. The average Bonchev–Trinajstić information content (AvgIpc) is 3.73. The summed E-state index contributed by atoms with van der Waals surface area (Å²) in [4.78, 5) is 25.0. The third kappa shape index (κ3) is 6.57. The lowest BCUT2D eigenvalue weighted by atomic mass is 10.0. The van der Waals surface area contributed by atoms with Crippen molar-refractivity contribution in [2.24, 2.45) is 0 Å². The van der Waals surface area contributed by atoms with E-state index < -0.39 is 0 Å². The minimum absolute atomic E-state index is 0.222. The zero-order valence-corrected chi connectivity index (χ0v) is 25.2. The van der Waals surface area contributed by atoms with Crippen LogP contribution in [0.25, 0.3) is 33.5 Å². The zero-order valence-electron chi connectivity index (χ0n) is 24.5. The molecule has 6 rings (SSSR count). The number of ether oxygens (including phenoxy) is 1. The van der Waals surface area contributed by atoms with Crippen LogP contribution in [0, 0.1) is 0 Å². The van der Waals surface area contributed by atoms with Gasteiger partial charge in [0.05, 0.1) is 18.6 Å². The number of aromatic nitrogens is 4.